The Bertz CT molecular complexity index is 146. The van der Waals surface area contributed by atoms with Crippen LogP contribution in [0.3, 0.4) is 0 Å². The predicted octanol–water partition coefficient (Wildman–Crippen LogP) is 0.980. The van der Waals surface area contributed by atoms with E-state index in [1.165, 1.54) is 0 Å². The number of aliphatic hydroxyl groups excluding tert-OH is 2. The molecule has 0 aliphatic carbocycles. The molecule has 0 saturated carbocycles. The molecule has 0 aliphatic heterocycles. The molecule has 2 N–H and O–H groups in total. The molecule has 0 fully saturated rings. The molecule has 0 bridgehead atoms. The Morgan fingerprint density at radius 1 is 0.833 bits per heavy atom. The van der Waals surface area contributed by atoms with E-state index in [0.29, 0.717) is 0 Å². The van der Waals surface area contributed by atoms with Crippen molar-refractivity contribution in [1.82, 2.24) is 0 Å². The van der Waals surface area contributed by atoms with Gasteiger partial charge in [-0.2, -0.15) is 10.2 Å². The number of hydrogen-bond donors (Lipinski definition) is 2. The number of aliphatic hydroxyl groups is 2. The molecule has 4 nitrogen and oxygen atoms in total. The Balaban J connectivity index is 4.23. The molecule has 0 aromatic heterocycles. The molecule has 0 spiro atoms. The van der Waals surface area contributed by atoms with Crippen LogP contribution in [0.4, 0.5) is 0 Å². The van der Waals surface area contributed by atoms with Gasteiger partial charge in [0.2, 0.25) is 0 Å². The molecule has 0 unspecified atom stereocenters. The predicted molar refractivity (Wildman–Crippen MR) is 47.2 cm³/mol. The fourth-order valence-corrected chi connectivity index (χ4v) is 0.334. The van der Waals surface area contributed by atoms with Gasteiger partial charge in [0.1, 0.15) is 0 Å². The highest BCUT2D eigenvalue weighted by molar-refractivity contribution is 4.79. The molecule has 0 heterocycles. The van der Waals surface area contributed by atoms with Crippen molar-refractivity contribution < 1.29 is 10.2 Å². The monoisotopic (exact) mass is 174 g/mol. The third kappa shape index (κ3) is 4.41. The van der Waals surface area contributed by atoms with Gasteiger partial charge in [0, 0.05) is 0 Å². The molecular weight excluding hydrogens is 156 g/mol. The number of nitrogens with zero attached hydrogens (tertiary/aromatic N) is 2. The lowest BCUT2D eigenvalue weighted by molar-refractivity contribution is 0.192. The van der Waals surface area contributed by atoms with Crippen molar-refractivity contribution in [2.45, 2.75) is 38.8 Å². The van der Waals surface area contributed by atoms with E-state index in [4.69, 9.17) is 10.2 Å². The van der Waals surface area contributed by atoms with E-state index in [2.05, 4.69) is 10.2 Å². The molecule has 0 amide bonds. The van der Waals surface area contributed by atoms with Crippen molar-refractivity contribution in [2.24, 2.45) is 10.2 Å². The van der Waals surface area contributed by atoms with Crippen LogP contribution in [0.2, 0.25) is 0 Å². The minimum atomic E-state index is -0.549. The van der Waals surface area contributed by atoms with E-state index in [9.17, 15) is 0 Å². The summed E-state index contributed by atoms with van der Waals surface area (Å²) < 4.78 is 0. The van der Waals surface area contributed by atoms with Crippen LogP contribution in [0.25, 0.3) is 0 Å². The lowest BCUT2D eigenvalue weighted by Gasteiger charge is -2.19. The first kappa shape index (κ1) is 11.5. The van der Waals surface area contributed by atoms with Gasteiger partial charge in [-0.1, -0.05) is 0 Å². The Morgan fingerprint density at radius 2 is 1.08 bits per heavy atom. The summed E-state index contributed by atoms with van der Waals surface area (Å²) in [6.45, 7) is 7.04. The lowest BCUT2D eigenvalue weighted by atomic mass is 10.1. The third-order valence-corrected chi connectivity index (χ3v) is 1.37. The van der Waals surface area contributed by atoms with Gasteiger partial charge in [-0.05, 0) is 27.7 Å². The van der Waals surface area contributed by atoms with Gasteiger partial charge in [-0.3, -0.25) is 0 Å². The average Bonchev–Trinajstić information content (AvgIpc) is 2.02. The van der Waals surface area contributed by atoms with Crippen LogP contribution < -0.4 is 0 Å². The van der Waals surface area contributed by atoms with Gasteiger partial charge in [-0.25, -0.2) is 0 Å². The van der Waals surface area contributed by atoms with Crippen molar-refractivity contribution in [3.05, 3.63) is 0 Å². The number of rotatable bonds is 4. The van der Waals surface area contributed by atoms with Crippen molar-refractivity contribution in [3.8, 4) is 0 Å². The zero-order valence-electron chi connectivity index (χ0n) is 8.20. The van der Waals surface area contributed by atoms with Gasteiger partial charge < -0.3 is 10.2 Å². The van der Waals surface area contributed by atoms with E-state index in [0.717, 1.165) is 0 Å². The Labute approximate surface area is 73.3 Å². The minimum Gasteiger partial charge on any atom is -0.394 e. The molecule has 72 valence electrons. The van der Waals surface area contributed by atoms with Crippen LogP contribution in [0.1, 0.15) is 27.7 Å². The first-order chi connectivity index (χ1) is 5.33. The highest BCUT2D eigenvalue weighted by Gasteiger charge is 2.19. The third-order valence-electron chi connectivity index (χ3n) is 1.37. The van der Waals surface area contributed by atoms with E-state index in [1.807, 2.05) is 0 Å². The second kappa shape index (κ2) is 3.96. The van der Waals surface area contributed by atoms with Crippen molar-refractivity contribution in [1.29, 1.82) is 0 Å². The molecule has 0 rings (SSSR count). The molecule has 12 heavy (non-hydrogen) atoms. The maximum absolute atomic E-state index is 8.85. The van der Waals surface area contributed by atoms with Crippen molar-refractivity contribution >= 4 is 0 Å². The number of azo groups is 1. The van der Waals surface area contributed by atoms with Crippen molar-refractivity contribution in [3.63, 3.8) is 0 Å². The largest absolute Gasteiger partial charge is 0.394 e. The summed E-state index contributed by atoms with van der Waals surface area (Å²) in [5, 5.41) is 25.6. The van der Waals surface area contributed by atoms with E-state index >= 15 is 0 Å². The normalized spacial score (nSPS) is 14.2. The van der Waals surface area contributed by atoms with Gasteiger partial charge in [0.05, 0.1) is 24.3 Å². The van der Waals surface area contributed by atoms with Crippen LogP contribution in [0.5, 0.6) is 0 Å². The Hall–Kier alpha value is -0.480. The highest BCUT2D eigenvalue weighted by atomic mass is 16.3. The highest BCUT2D eigenvalue weighted by Crippen LogP contribution is 2.14. The summed E-state index contributed by atoms with van der Waals surface area (Å²) in [4.78, 5) is 0. The van der Waals surface area contributed by atoms with E-state index < -0.39 is 11.1 Å². The van der Waals surface area contributed by atoms with Gasteiger partial charge in [0.15, 0.2) is 0 Å². The lowest BCUT2D eigenvalue weighted by Crippen LogP contribution is -2.26. The summed E-state index contributed by atoms with van der Waals surface area (Å²) >= 11 is 0. The molecule has 0 saturated heterocycles. The van der Waals surface area contributed by atoms with Gasteiger partial charge in [-0.15, -0.1) is 0 Å². The number of hydrogen-bond acceptors (Lipinski definition) is 4. The van der Waals surface area contributed by atoms with Gasteiger partial charge in [0.25, 0.3) is 0 Å². The molecule has 0 aliphatic rings. The standard InChI is InChI=1S/C8H18N2O2/c1-7(2,5-11)9-10-8(3,4)6-12/h11-12H,5-6H2,1-4H3/b10-9+. The Morgan fingerprint density at radius 3 is 1.25 bits per heavy atom. The topological polar surface area (TPSA) is 65.2 Å². The summed E-state index contributed by atoms with van der Waals surface area (Å²) in [6, 6.07) is 0. The molecule has 0 aromatic rings. The SMILES string of the molecule is CC(C)(CO)/N=N/C(C)(C)CO. The fraction of sp³-hybridized carbons (Fsp3) is 1.00. The summed E-state index contributed by atoms with van der Waals surface area (Å²) in [5.41, 5.74) is -1.10. The summed E-state index contributed by atoms with van der Waals surface area (Å²) in [5.74, 6) is 0. The average molecular weight is 174 g/mol. The van der Waals surface area contributed by atoms with Crippen LogP contribution in [0, 0.1) is 0 Å². The van der Waals surface area contributed by atoms with Crippen molar-refractivity contribution in [2.75, 3.05) is 13.2 Å². The first-order valence-electron chi connectivity index (χ1n) is 3.99. The second-order valence-corrected chi connectivity index (χ2v) is 4.14. The quantitative estimate of drug-likeness (QED) is 0.624. The van der Waals surface area contributed by atoms with Crippen LogP contribution in [-0.2, 0) is 0 Å². The maximum Gasteiger partial charge on any atom is 0.0989 e. The fourth-order valence-electron chi connectivity index (χ4n) is 0.334. The molecule has 0 aromatic carbocycles. The van der Waals surface area contributed by atoms with Crippen LogP contribution in [-0.4, -0.2) is 34.5 Å². The summed E-state index contributed by atoms with van der Waals surface area (Å²) in [7, 11) is 0. The maximum atomic E-state index is 8.85. The molecule has 4 heteroatoms. The van der Waals surface area contributed by atoms with E-state index in [-0.39, 0.29) is 13.2 Å². The van der Waals surface area contributed by atoms with Gasteiger partial charge >= 0.3 is 0 Å². The summed E-state index contributed by atoms with van der Waals surface area (Å²) in [6.07, 6.45) is 0. The zero-order chi connectivity index (χ0) is 9.83. The van der Waals surface area contributed by atoms with Crippen LogP contribution in [0.15, 0.2) is 10.2 Å². The Kier molecular flexibility index (Phi) is 3.80. The molecule has 0 atom stereocenters. The zero-order valence-corrected chi connectivity index (χ0v) is 8.20. The smallest absolute Gasteiger partial charge is 0.0989 e. The van der Waals surface area contributed by atoms with Crippen LogP contribution >= 0.6 is 0 Å². The molecule has 0 radical (unpaired) electrons. The minimum absolute atomic E-state index is 0.0436. The molecular formula is C8H18N2O2. The second-order valence-electron chi connectivity index (χ2n) is 4.14. The van der Waals surface area contributed by atoms with E-state index in [1.54, 1.807) is 27.7 Å². The first-order valence-corrected chi connectivity index (χ1v) is 3.99.